The van der Waals surface area contributed by atoms with Gasteiger partial charge in [0.15, 0.2) is 5.82 Å². The molecule has 0 radical (unpaired) electrons. The van der Waals surface area contributed by atoms with Crippen LogP contribution in [0, 0.1) is 0 Å². The van der Waals surface area contributed by atoms with Gasteiger partial charge in [0.2, 0.25) is 11.8 Å². The van der Waals surface area contributed by atoms with E-state index >= 15 is 0 Å². The first kappa shape index (κ1) is 15.1. The third kappa shape index (κ3) is 3.06. The lowest BCUT2D eigenvalue weighted by Gasteiger charge is -2.22. The second-order valence-corrected chi connectivity index (χ2v) is 5.62. The summed E-state index contributed by atoms with van der Waals surface area (Å²) in [5.74, 6) is 0.182. The van der Waals surface area contributed by atoms with Crippen LogP contribution in [0.4, 0.5) is 0 Å². The van der Waals surface area contributed by atoms with Gasteiger partial charge < -0.3 is 10.6 Å². The quantitative estimate of drug-likeness (QED) is 0.938. The molecule has 1 saturated heterocycles. The van der Waals surface area contributed by atoms with Crippen LogP contribution in [0.5, 0.6) is 0 Å². The molecule has 1 aliphatic heterocycles. The molecule has 1 aromatic heterocycles. The van der Waals surface area contributed by atoms with Crippen molar-refractivity contribution in [2.24, 2.45) is 5.73 Å². The highest BCUT2D eigenvalue weighted by Gasteiger charge is 2.29. The van der Waals surface area contributed by atoms with Gasteiger partial charge >= 0.3 is 0 Å². The lowest BCUT2D eigenvalue weighted by atomic mass is 10.1. The maximum atomic E-state index is 11.7. The number of likely N-dealkylation sites (tertiary alicyclic amines) is 1. The van der Waals surface area contributed by atoms with Crippen LogP contribution >= 0.6 is 0 Å². The van der Waals surface area contributed by atoms with E-state index in [-0.39, 0.29) is 11.9 Å². The highest BCUT2D eigenvalue weighted by Crippen LogP contribution is 2.31. The third-order valence-electron chi connectivity index (χ3n) is 4.10. The molecule has 6 heteroatoms. The Labute approximate surface area is 134 Å². The Kier molecular flexibility index (Phi) is 4.06. The van der Waals surface area contributed by atoms with Crippen LogP contribution in [0.25, 0.3) is 11.4 Å². The zero-order valence-electron chi connectivity index (χ0n) is 12.9. The lowest BCUT2D eigenvalue weighted by molar-refractivity contribution is -0.129. The van der Waals surface area contributed by atoms with Crippen molar-refractivity contribution in [1.82, 2.24) is 14.9 Å². The number of benzene rings is 1. The normalized spacial score (nSPS) is 17.3. The largest absolute Gasteiger partial charge is 0.366 e. The number of hydrogen-bond donors (Lipinski definition) is 1. The fourth-order valence-electron chi connectivity index (χ4n) is 2.93. The molecule has 2 heterocycles. The van der Waals surface area contributed by atoms with Crippen molar-refractivity contribution in [2.45, 2.75) is 25.8 Å². The number of primary amides is 1. The maximum Gasteiger partial charge on any atom is 0.248 e. The van der Waals surface area contributed by atoms with Crippen LogP contribution in [-0.2, 0) is 4.79 Å². The molecule has 23 heavy (non-hydrogen) atoms. The van der Waals surface area contributed by atoms with E-state index in [9.17, 15) is 9.59 Å². The van der Waals surface area contributed by atoms with E-state index in [1.807, 2.05) is 11.0 Å². The smallest absolute Gasteiger partial charge is 0.248 e. The second-order valence-electron chi connectivity index (χ2n) is 5.62. The number of rotatable bonds is 3. The summed E-state index contributed by atoms with van der Waals surface area (Å²) in [4.78, 5) is 33.6. The number of nitrogens with zero attached hydrogens (tertiary/aromatic N) is 3. The van der Waals surface area contributed by atoms with E-state index in [0.717, 1.165) is 30.6 Å². The molecule has 0 saturated carbocycles. The van der Waals surface area contributed by atoms with Gasteiger partial charge in [-0.05, 0) is 31.0 Å². The molecular weight excluding hydrogens is 292 g/mol. The number of carbonyl (C=O) groups is 2. The highest BCUT2D eigenvalue weighted by atomic mass is 16.2. The number of aromatic nitrogens is 2. The van der Waals surface area contributed by atoms with E-state index < -0.39 is 5.91 Å². The lowest BCUT2D eigenvalue weighted by Crippen LogP contribution is -2.28. The molecule has 0 unspecified atom stereocenters. The summed E-state index contributed by atoms with van der Waals surface area (Å²) >= 11 is 0. The molecule has 118 valence electrons. The molecule has 2 amide bonds. The van der Waals surface area contributed by atoms with Crippen LogP contribution < -0.4 is 5.73 Å². The Balaban J connectivity index is 1.90. The van der Waals surface area contributed by atoms with Crippen molar-refractivity contribution < 1.29 is 9.59 Å². The zero-order chi connectivity index (χ0) is 16.4. The van der Waals surface area contributed by atoms with Crippen LogP contribution in [0.2, 0.25) is 0 Å². The predicted octanol–water partition coefficient (Wildman–Crippen LogP) is 1.93. The Morgan fingerprint density at radius 1 is 1.22 bits per heavy atom. The van der Waals surface area contributed by atoms with Crippen LogP contribution in [0.3, 0.4) is 0 Å². The van der Waals surface area contributed by atoms with E-state index in [2.05, 4.69) is 9.97 Å². The van der Waals surface area contributed by atoms with E-state index in [0.29, 0.717) is 11.4 Å². The molecule has 6 nitrogen and oxygen atoms in total. The summed E-state index contributed by atoms with van der Waals surface area (Å²) < 4.78 is 0. The standard InChI is InChI=1S/C17H18N4O2/c1-11(22)21-10-2-3-15(21)14-8-9-19-17(20-14)13-6-4-12(5-7-13)16(18)23/h4-9,15H,2-3,10H2,1H3,(H2,18,23)/t15-/m1/s1. The minimum atomic E-state index is -0.464. The van der Waals surface area contributed by atoms with Crippen LogP contribution in [-0.4, -0.2) is 33.2 Å². The molecule has 2 aromatic rings. The Hall–Kier alpha value is -2.76. The predicted molar refractivity (Wildman–Crippen MR) is 85.3 cm³/mol. The van der Waals surface area contributed by atoms with Crippen molar-refractivity contribution in [3.8, 4) is 11.4 Å². The molecule has 1 aliphatic rings. The van der Waals surface area contributed by atoms with E-state index in [4.69, 9.17) is 5.73 Å². The molecule has 1 aromatic carbocycles. The molecule has 1 fully saturated rings. The van der Waals surface area contributed by atoms with Crippen LogP contribution in [0.15, 0.2) is 36.5 Å². The topological polar surface area (TPSA) is 89.2 Å². The fourth-order valence-corrected chi connectivity index (χ4v) is 2.93. The Bertz CT molecular complexity index is 743. The zero-order valence-corrected chi connectivity index (χ0v) is 12.9. The summed E-state index contributed by atoms with van der Waals surface area (Å²) in [5.41, 5.74) is 7.35. The van der Waals surface area contributed by atoms with Gasteiger partial charge in [-0.15, -0.1) is 0 Å². The van der Waals surface area contributed by atoms with Gasteiger partial charge in [-0.25, -0.2) is 9.97 Å². The van der Waals surface area contributed by atoms with Gasteiger partial charge in [0.25, 0.3) is 0 Å². The van der Waals surface area contributed by atoms with Crippen molar-refractivity contribution in [2.75, 3.05) is 6.54 Å². The van der Waals surface area contributed by atoms with Gasteiger partial charge in [0.1, 0.15) is 0 Å². The SMILES string of the molecule is CC(=O)N1CCC[C@@H]1c1ccnc(-c2ccc(C(N)=O)cc2)n1. The summed E-state index contributed by atoms with van der Waals surface area (Å²) in [7, 11) is 0. The minimum absolute atomic E-state index is 0.0131. The molecule has 0 spiro atoms. The van der Waals surface area contributed by atoms with Crippen molar-refractivity contribution >= 4 is 11.8 Å². The van der Waals surface area contributed by atoms with Gasteiger partial charge in [0, 0.05) is 30.8 Å². The Morgan fingerprint density at radius 2 is 1.96 bits per heavy atom. The first-order chi connectivity index (χ1) is 11.1. The summed E-state index contributed by atoms with van der Waals surface area (Å²) in [6.45, 7) is 2.36. The molecule has 0 aliphatic carbocycles. The van der Waals surface area contributed by atoms with Crippen molar-refractivity contribution in [3.05, 3.63) is 47.8 Å². The van der Waals surface area contributed by atoms with Gasteiger partial charge in [-0.3, -0.25) is 9.59 Å². The third-order valence-corrected chi connectivity index (χ3v) is 4.10. The van der Waals surface area contributed by atoms with Gasteiger partial charge in [-0.2, -0.15) is 0 Å². The minimum Gasteiger partial charge on any atom is -0.366 e. The number of amides is 2. The molecule has 1 atom stereocenters. The summed E-state index contributed by atoms with van der Waals surface area (Å²) in [5, 5.41) is 0. The second kappa shape index (κ2) is 6.16. The summed E-state index contributed by atoms with van der Waals surface area (Å²) in [6.07, 6.45) is 3.60. The fraction of sp³-hybridized carbons (Fsp3) is 0.294. The van der Waals surface area contributed by atoms with Crippen molar-refractivity contribution in [3.63, 3.8) is 0 Å². The van der Waals surface area contributed by atoms with E-state index in [1.165, 1.54) is 0 Å². The maximum absolute atomic E-state index is 11.7. The Morgan fingerprint density at radius 3 is 2.61 bits per heavy atom. The average Bonchev–Trinajstić information content (AvgIpc) is 3.05. The van der Waals surface area contributed by atoms with E-state index in [1.54, 1.807) is 37.4 Å². The highest BCUT2D eigenvalue weighted by molar-refractivity contribution is 5.93. The molecule has 2 N–H and O–H groups in total. The number of carbonyl (C=O) groups excluding carboxylic acids is 2. The monoisotopic (exact) mass is 310 g/mol. The molecule has 3 rings (SSSR count). The molecule has 0 bridgehead atoms. The first-order valence-electron chi connectivity index (χ1n) is 7.56. The van der Waals surface area contributed by atoms with Crippen molar-refractivity contribution in [1.29, 1.82) is 0 Å². The summed E-state index contributed by atoms with van der Waals surface area (Å²) in [6, 6.07) is 8.73. The number of hydrogen-bond acceptors (Lipinski definition) is 4. The van der Waals surface area contributed by atoms with Gasteiger partial charge in [0.05, 0.1) is 11.7 Å². The average molecular weight is 310 g/mol. The van der Waals surface area contributed by atoms with Gasteiger partial charge in [-0.1, -0.05) is 12.1 Å². The number of nitrogens with two attached hydrogens (primary N) is 1. The van der Waals surface area contributed by atoms with Crippen LogP contribution in [0.1, 0.15) is 41.9 Å². The molecular formula is C17H18N4O2. The first-order valence-corrected chi connectivity index (χ1v) is 7.56.